The third kappa shape index (κ3) is 4.45. The number of hydrogen-bond acceptors (Lipinski definition) is 3. The van der Waals surface area contributed by atoms with Crippen LogP contribution in [-0.2, 0) is 16.5 Å². The number of hydrogen-bond donors (Lipinski definition) is 2. The first-order valence-corrected chi connectivity index (χ1v) is 13.2. The predicted octanol–water partition coefficient (Wildman–Crippen LogP) is 5.88. The van der Waals surface area contributed by atoms with Crippen molar-refractivity contribution in [1.82, 2.24) is 9.13 Å². The van der Waals surface area contributed by atoms with Gasteiger partial charge < -0.3 is 14.2 Å². The minimum atomic E-state index is -4.42. The summed E-state index contributed by atoms with van der Waals surface area (Å²) in [5.41, 5.74) is 5.72. The van der Waals surface area contributed by atoms with E-state index in [0.29, 0.717) is 17.8 Å². The summed E-state index contributed by atoms with van der Waals surface area (Å²) in [6.45, 7) is 5.77. The van der Waals surface area contributed by atoms with E-state index in [0.717, 1.165) is 39.1 Å². The van der Waals surface area contributed by atoms with Gasteiger partial charge in [0.15, 0.2) is 0 Å². The largest absolute Gasteiger partial charge is 0.478 e. The number of carboxylic acid groups (broad SMARTS) is 1. The number of aryl methyl sites for hydroxylation is 3. The minimum Gasteiger partial charge on any atom is -0.478 e. The molecule has 0 bridgehead atoms. The topological polar surface area (TPSA) is 102 Å². The van der Waals surface area contributed by atoms with E-state index < -0.39 is 16.1 Å². The lowest BCUT2D eigenvalue weighted by molar-refractivity contribution is 0.0697. The van der Waals surface area contributed by atoms with Crippen LogP contribution in [0.4, 0.5) is 0 Å². The van der Waals surface area contributed by atoms with Crippen molar-refractivity contribution in [3.8, 4) is 11.4 Å². The van der Waals surface area contributed by atoms with Crippen LogP contribution in [0.2, 0.25) is 0 Å². The molecule has 5 aromatic rings. The van der Waals surface area contributed by atoms with E-state index in [4.69, 9.17) is 0 Å². The van der Waals surface area contributed by atoms with Crippen molar-refractivity contribution >= 4 is 26.9 Å². The van der Waals surface area contributed by atoms with Crippen LogP contribution in [-0.4, -0.2) is 33.2 Å². The summed E-state index contributed by atoms with van der Waals surface area (Å²) < 4.78 is 37.5. The molecule has 188 valence electrons. The number of aromatic nitrogens is 2. The number of nitrogens with zero attached hydrogens (tertiary/aromatic N) is 2. The molecule has 0 fully saturated rings. The molecule has 5 rings (SSSR count). The van der Waals surface area contributed by atoms with Crippen LogP contribution in [0.15, 0.2) is 83.8 Å². The van der Waals surface area contributed by atoms with Crippen LogP contribution in [0.3, 0.4) is 0 Å². The highest BCUT2D eigenvalue weighted by Gasteiger charge is 2.20. The fraction of sp³-hybridized carbons (Fsp3) is 0.138. The molecular formula is C29H26N2O5S. The number of fused-ring (bicyclic) bond motifs is 1. The number of carboxylic acids is 1. The van der Waals surface area contributed by atoms with Crippen molar-refractivity contribution in [2.75, 3.05) is 0 Å². The molecule has 0 aliphatic heterocycles. The van der Waals surface area contributed by atoms with Crippen LogP contribution >= 0.6 is 0 Å². The maximum absolute atomic E-state index is 12.2. The normalized spacial score (nSPS) is 11.8. The van der Waals surface area contributed by atoms with Crippen molar-refractivity contribution in [1.29, 1.82) is 0 Å². The Morgan fingerprint density at radius 2 is 1.41 bits per heavy atom. The lowest BCUT2D eigenvalue weighted by Gasteiger charge is -2.16. The summed E-state index contributed by atoms with van der Waals surface area (Å²) in [4.78, 5) is 12.0. The molecule has 2 N–H and O–H groups in total. The fourth-order valence-corrected chi connectivity index (χ4v) is 5.67. The SMILES string of the molecule is Cc1ccc(C)n1-c1cc2ccc(Cc3ccc(C)n3-c3ccccc3S(=O)(=O)O)cc2cc1C(=O)O. The van der Waals surface area contributed by atoms with Gasteiger partial charge in [0, 0.05) is 29.2 Å². The molecule has 2 heterocycles. The molecule has 0 aliphatic rings. The van der Waals surface area contributed by atoms with Gasteiger partial charge in [0.25, 0.3) is 10.1 Å². The molecule has 0 aliphatic carbocycles. The molecule has 0 atom stereocenters. The lowest BCUT2D eigenvalue weighted by atomic mass is 10.00. The average Bonchev–Trinajstić information content (AvgIpc) is 3.38. The Morgan fingerprint density at radius 1 is 0.757 bits per heavy atom. The Kier molecular flexibility index (Phi) is 6.01. The van der Waals surface area contributed by atoms with Gasteiger partial charge in [-0.15, -0.1) is 0 Å². The third-order valence-corrected chi connectivity index (χ3v) is 7.59. The van der Waals surface area contributed by atoms with Gasteiger partial charge in [0.05, 0.1) is 16.9 Å². The van der Waals surface area contributed by atoms with E-state index in [1.165, 1.54) is 6.07 Å². The van der Waals surface area contributed by atoms with Gasteiger partial charge in [-0.05, 0) is 85.6 Å². The molecule has 3 aromatic carbocycles. The fourth-order valence-electron chi connectivity index (χ4n) is 4.99. The first-order valence-electron chi connectivity index (χ1n) is 11.7. The average molecular weight is 515 g/mol. The highest BCUT2D eigenvalue weighted by atomic mass is 32.2. The molecule has 0 amide bonds. The van der Waals surface area contributed by atoms with E-state index in [1.54, 1.807) is 24.3 Å². The zero-order chi connectivity index (χ0) is 26.5. The number of rotatable bonds is 6. The van der Waals surface area contributed by atoms with Crippen LogP contribution < -0.4 is 0 Å². The Hall–Kier alpha value is -4.14. The second kappa shape index (κ2) is 9.06. The van der Waals surface area contributed by atoms with Crippen LogP contribution in [0, 0.1) is 20.8 Å². The molecule has 37 heavy (non-hydrogen) atoms. The maximum atomic E-state index is 12.2. The van der Waals surface area contributed by atoms with E-state index in [2.05, 4.69) is 0 Å². The van der Waals surface area contributed by atoms with Crippen molar-refractivity contribution in [2.45, 2.75) is 32.1 Å². The number of carbonyl (C=O) groups is 1. The molecule has 0 radical (unpaired) electrons. The second-order valence-electron chi connectivity index (χ2n) is 9.23. The second-order valence-corrected chi connectivity index (χ2v) is 10.6. The summed E-state index contributed by atoms with van der Waals surface area (Å²) in [7, 11) is -4.42. The van der Waals surface area contributed by atoms with Crippen molar-refractivity contribution < 1.29 is 22.9 Å². The maximum Gasteiger partial charge on any atom is 0.337 e. The van der Waals surface area contributed by atoms with E-state index in [9.17, 15) is 22.9 Å². The van der Waals surface area contributed by atoms with Crippen molar-refractivity contribution in [2.24, 2.45) is 0 Å². The molecule has 0 unspecified atom stereocenters. The summed E-state index contributed by atoms with van der Waals surface area (Å²) in [6.07, 6.45) is 0.476. The van der Waals surface area contributed by atoms with Gasteiger partial charge in [-0.3, -0.25) is 4.55 Å². The van der Waals surface area contributed by atoms with Crippen LogP contribution in [0.5, 0.6) is 0 Å². The van der Waals surface area contributed by atoms with Crippen molar-refractivity contribution in [3.63, 3.8) is 0 Å². The quantitative estimate of drug-likeness (QED) is 0.276. The zero-order valence-corrected chi connectivity index (χ0v) is 21.5. The third-order valence-electron chi connectivity index (χ3n) is 6.69. The van der Waals surface area contributed by atoms with E-state index >= 15 is 0 Å². The smallest absolute Gasteiger partial charge is 0.337 e. The predicted molar refractivity (Wildman–Crippen MR) is 143 cm³/mol. The first kappa shape index (κ1) is 24.5. The van der Waals surface area contributed by atoms with E-state index in [1.807, 2.05) is 78.4 Å². The van der Waals surface area contributed by atoms with Gasteiger partial charge >= 0.3 is 5.97 Å². The Balaban J connectivity index is 1.60. The Labute approximate surface area is 215 Å². The summed E-state index contributed by atoms with van der Waals surface area (Å²) in [5, 5.41) is 11.7. The standard InChI is InChI=1S/C29H26N2O5S/c1-18-8-9-19(2)30(18)27-17-22-12-11-21(14-23(22)16-25(27)29(32)33)15-24-13-10-20(3)31(24)26-6-4-5-7-28(26)37(34,35)36/h4-14,16-17H,15H2,1-3H3,(H,32,33)(H,34,35,36). The van der Waals surface area contributed by atoms with Crippen LogP contribution in [0.1, 0.15) is 38.7 Å². The van der Waals surface area contributed by atoms with Gasteiger partial charge in [0.2, 0.25) is 0 Å². The molecule has 0 saturated heterocycles. The summed E-state index contributed by atoms with van der Waals surface area (Å²) in [6, 6.07) is 23.6. The number of aromatic carboxylic acids is 1. The summed E-state index contributed by atoms with van der Waals surface area (Å²) in [5.74, 6) is -0.999. The Morgan fingerprint density at radius 3 is 2.08 bits per heavy atom. The van der Waals surface area contributed by atoms with Crippen LogP contribution in [0.25, 0.3) is 22.1 Å². The highest BCUT2D eigenvalue weighted by Crippen LogP contribution is 2.29. The highest BCUT2D eigenvalue weighted by molar-refractivity contribution is 7.86. The van der Waals surface area contributed by atoms with E-state index in [-0.39, 0.29) is 10.5 Å². The molecule has 7 nitrogen and oxygen atoms in total. The lowest BCUT2D eigenvalue weighted by Crippen LogP contribution is -2.09. The van der Waals surface area contributed by atoms with Gasteiger partial charge in [-0.2, -0.15) is 8.42 Å². The molecule has 2 aromatic heterocycles. The Bertz CT molecular complexity index is 1780. The molecule has 0 spiro atoms. The van der Waals surface area contributed by atoms with Gasteiger partial charge in [-0.1, -0.05) is 30.3 Å². The number of para-hydroxylation sites is 1. The minimum absolute atomic E-state index is 0.164. The zero-order valence-electron chi connectivity index (χ0n) is 20.6. The number of benzene rings is 3. The summed E-state index contributed by atoms with van der Waals surface area (Å²) >= 11 is 0. The van der Waals surface area contributed by atoms with Gasteiger partial charge in [0.1, 0.15) is 4.90 Å². The first-order chi connectivity index (χ1) is 17.5. The molecule has 0 saturated carbocycles. The van der Waals surface area contributed by atoms with Crippen molar-refractivity contribution in [3.05, 3.63) is 113 Å². The monoisotopic (exact) mass is 514 g/mol. The molecule has 8 heteroatoms. The van der Waals surface area contributed by atoms with Gasteiger partial charge in [-0.25, -0.2) is 4.79 Å². The molecular weight excluding hydrogens is 488 g/mol.